The number of nitrogens with zero attached hydrogens (tertiary/aromatic N) is 2. The van der Waals surface area contributed by atoms with Crippen molar-refractivity contribution in [2.24, 2.45) is 0 Å². The third-order valence-corrected chi connectivity index (χ3v) is 9.27. The molecule has 10 nitrogen and oxygen atoms in total. The number of halogens is 1. The molecule has 3 atom stereocenters. The number of esters is 1. The van der Waals surface area contributed by atoms with Crippen LogP contribution in [0.4, 0.5) is 4.39 Å². The topological polar surface area (TPSA) is 137 Å². The number of hydrogen-bond donors (Lipinski definition) is 2. The van der Waals surface area contributed by atoms with Crippen molar-refractivity contribution in [1.29, 1.82) is 0 Å². The number of methoxy groups -OCH3 is 1. The predicted molar refractivity (Wildman–Crippen MR) is 157 cm³/mol. The highest BCUT2D eigenvalue weighted by Gasteiger charge is 2.43. The number of aromatic nitrogens is 2. The molecule has 2 N–H and O–H groups in total. The van der Waals surface area contributed by atoms with E-state index in [-0.39, 0.29) is 54.7 Å². The summed E-state index contributed by atoms with van der Waals surface area (Å²) in [4.78, 5) is 34.0. The summed E-state index contributed by atoms with van der Waals surface area (Å²) in [5.74, 6) is -0.454. The number of rotatable bonds is 9. The zero-order chi connectivity index (χ0) is 31.3. The summed E-state index contributed by atoms with van der Waals surface area (Å²) in [6.45, 7) is 9.13. The number of carbonyl (C=O) groups is 2. The van der Waals surface area contributed by atoms with Gasteiger partial charge in [0.05, 0.1) is 46.1 Å². The Kier molecular flexibility index (Phi) is 7.91. The van der Waals surface area contributed by atoms with Crippen LogP contribution in [-0.4, -0.2) is 49.5 Å². The normalized spacial score (nSPS) is 19.6. The summed E-state index contributed by atoms with van der Waals surface area (Å²) in [6.07, 6.45) is -0.128. The predicted octanol–water partition coefficient (Wildman–Crippen LogP) is 4.28. The van der Waals surface area contributed by atoms with Crippen LogP contribution in [0.2, 0.25) is 0 Å². The summed E-state index contributed by atoms with van der Waals surface area (Å²) < 4.78 is 46.1. The third-order valence-electron chi connectivity index (χ3n) is 7.52. The van der Waals surface area contributed by atoms with E-state index in [1.165, 1.54) is 25.3 Å². The summed E-state index contributed by atoms with van der Waals surface area (Å²) in [7, 11) is -0.0526. The van der Waals surface area contributed by atoms with Crippen molar-refractivity contribution in [2.45, 2.75) is 69.8 Å². The zero-order valence-electron chi connectivity index (χ0n) is 24.9. The summed E-state index contributed by atoms with van der Waals surface area (Å²) >= 11 is 0. The van der Waals surface area contributed by atoms with Crippen molar-refractivity contribution in [3.63, 3.8) is 0 Å². The number of ether oxygens (including phenoxy) is 3. The Hall–Kier alpha value is -3.74. The lowest BCUT2D eigenvalue weighted by atomic mass is 9.88. The number of benzene rings is 1. The van der Waals surface area contributed by atoms with Crippen molar-refractivity contribution in [2.75, 3.05) is 13.7 Å². The number of ketones is 1. The lowest BCUT2D eigenvalue weighted by molar-refractivity contribution is -0.131. The van der Waals surface area contributed by atoms with Gasteiger partial charge in [0, 0.05) is 23.6 Å². The maximum absolute atomic E-state index is 13.8. The van der Waals surface area contributed by atoms with E-state index in [0.29, 0.717) is 28.1 Å². The molecule has 0 bridgehead atoms. The first-order valence-corrected chi connectivity index (χ1v) is 14.9. The van der Waals surface area contributed by atoms with Crippen LogP contribution in [0, 0.1) is 5.82 Å². The summed E-state index contributed by atoms with van der Waals surface area (Å²) in [5.41, 5.74) is -0.120. The largest absolute Gasteiger partial charge is 0.489 e. The molecule has 3 unspecified atom stereocenters. The van der Waals surface area contributed by atoms with E-state index in [4.69, 9.17) is 19.2 Å². The second-order valence-electron chi connectivity index (χ2n) is 12.2. The minimum atomic E-state index is -1.60. The minimum absolute atomic E-state index is 0.00983. The van der Waals surface area contributed by atoms with E-state index in [0.717, 1.165) is 0 Å². The lowest BCUT2D eigenvalue weighted by Gasteiger charge is -2.30. The van der Waals surface area contributed by atoms with Crippen LogP contribution in [-0.2, 0) is 33.3 Å². The number of nitrogens with one attached hydrogen (secondary N) is 1. The summed E-state index contributed by atoms with van der Waals surface area (Å²) in [5, 5.41) is 11.7. The number of hydrogen-bond acceptors (Lipinski definition) is 9. The maximum atomic E-state index is 13.8. The molecule has 0 spiro atoms. The summed E-state index contributed by atoms with van der Waals surface area (Å²) in [6, 6.07) is 8.86. The second kappa shape index (κ2) is 11.1. The first kappa shape index (κ1) is 30.7. The molecule has 1 aromatic carbocycles. The highest BCUT2D eigenvalue weighted by molar-refractivity contribution is 7.84. The van der Waals surface area contributed by atoms with Gasteiger partial charge in [0.15, 0.2) is 11.5 Å². The average Bonchev–Trinajstić information content (AvgIpc) is 3.49. The molecule has 0 amide bonds. The highest BCUT2D eigenvalue weighted by atomic mass is 32.2. The highest BCUT2D eigenvalue weighted by Crippen LogP contribution is 2.45. The number of Topliss-reactive ketones (excluding diaryl/α,β-unsaturated/α-hetero) is 1. The van der Waals surface area contributed by atoms with E-state index in [1.54, 1.807) is 25.1 Å². The van der Waals surface area contributed by atoms with Gasteiger partial charge in [-0.15, -0.1) is 0 Å². The van der Waals surface area contributed by atoms with Crippen LogP contribution in [0.5, 0.6) is 17.4 Å². The second-order valence-corrected chi connectivity index (χ2v) is 14.2. The Morgan fingerprint density at radius 2 is 1.88 bits per heavy atom. The third kappa shape index (κ3) is 6.04. The Labute approximate surface area is 251 Å². The van der Waals surface area contributed by atoms with Crippen molar-refractivity contribution in [1.82, 2.24) is 14.7 Å². The van der Waals surface area contributed by atoms with Crippen LogP contribution >= 0.6 is 0 Å². The lowest BCUT2D eigenvalue weighted by Crippen LogP contribution is -2.47. The molecule has 0 aliphatic carbocycles. The van der Waals surface area contributed by atoms with Gasteiger partial charge < -0.3 is 19.3 Å². The van der Waals surface area contributed by atoms with Gasteiger partial charge in [0.25, 0.3) is 0 Å². The van der Waals surface area contributed by atoms with Gasteiger partial charge in [-0.1, -0.05) is 0 Å². The van der Waals surface area contributed by atoms with Crippen molar-refractivity contribution < 1.29 is 37.5 Å². The van der Waals surface area contributed by atoms with Gasteiger partial charge in [0.1, 0.15) is 35.2 Å². The molecule has 4 heterocycles. The molecular weight excluding hydrogens is 577 g/mol. The standard InChI is InChI=1S/C31H34FN3O7S/c1-29(2,3)43(39)35-30(4)16-41-27-20(30)14-24(34-26(27)17-7-9-18(32)10-8-17)31(5,38)12-11-22(36)21-15-23-19(13-25(37)42-23)28(33-21)40-6/h7-10,14-15,35,38H,11-13,16H2,1-6H3. The Morgan fingerprint density at radius 3 is 2.53 bits per heavy atom. The van der Waals surface area contributed by atoms with Gasteiger partial charge in [-0.2, -0.15) is 0 Å². The quantitative estimate of drug-likeness (QED) is 0.268. The van der Waals surface area contributed by atoms with Crippen LogP contribution in [0.3, 0.4) is 0 Å². The van der Waals surface area contributed by atoms with Crippen LogP contribution in [0.25, 0.3) is 11.3 Å². The van der Waals surface area contributed by atoms with Crippen molar-refractivity contribution in [3.05, 3.63) is 64.7 Å². The van der Waals surface area contributed by atoms with Crippen LogP contribution in [0.1, 0.15) is 74.8 Å². The maximum Gasteiger partial charge on any atom is 0.316 e. The monoisotopic (exact) mass is 611 g/mol. The first-order chi connectivity index (χ1) is 20.1. The molecule has 2 aromatic heterocycles. The van der Waals surface area contributed by atoms with Gasteiger partial charge >= 0.3 is 5.97 Å². The molecule has 0 fully saturated rings. The fourth-order valence-electron chi connectivity index (χ4n) is 4.91. The molecule has 0 saturated carbocycles. The van der Waals surface area contributed by atoms with Gasteiger partial charge in [-0.3, -0.25) is 9.59 Å². The smallest absolute Gasteiger partial charge is 0.316 e. The Bertz CT molecular complexity index is 1640. The molecule has 5 rings (SSSR count). The molecule has 0 radical (unpaired) electrons. The van der Waals surface area contributed by atoms with Crippen LogP contribution in [0.15, 0.2) is 36.4 Å². The zero-order valence-corrected chi connectivity index (χ0v) is 25.7. The Morgan fingerprint density at radius 1 is 1.19 bits per heavy atom. The van der Waals surface area contributed by atoms with E-state index in [1.807, 2.05) is 27.7 Å². The molecule has 3 aromatic rings. The number of aliphatic hydroxyl groups is 1. The molecule has 12 heteroatoms. The molecule has 228 valence electrons. The molecule has 43 heavy (non-hydrogen) atoms. The van der Waals surface area contributed by atoms with Gasteiger partial charge in [0.2, 0.25) is 5.88 Å². The number of carbonyl (C=O) groups excluding carboxylic acids is 2. The molecule has 2 aliphatic rings. The molecule has 0 saturated heterocycles. The first-order valence-electron chi connectivity index (χ1n) is 13.8. The SMILES string of the molecule is COc1nc(C(=O)CCC(C)(O)c2cc3c(c(-c4ccc(F)cc4)n2)OCC3(C)NS(=O)C(C)(C)C)cc2c1CC(=O)O2. The fraction of sp³-hybridized carbons (Fsp3) is 0.419. The molecular formula is C31H34FN3O7S. The van der Waals surface area contributed by atoms with Crippen LogP contribution < -0.4 is 18.9 Å². The minimum Gasteiger partial charge on any atom is -0.489 e. The Balaban J connectivity index is 1.49. The molecule has 2 aliphatic heterocycles. The number of fused-ring (bicyclic) bond motifs is 2. The van der Waals surface area contributed by atoms with E-state index in [2.05, 4.69) is 9.71 Å². The average molecular weight is 612 g/mol. The fourth-order valence-corrected chi connectivity index (χ4v) is 5.80. The van der Waals surface area contributed by atoms with E-state index in [9.17, 15) is 23.3 Å². The van der Waals surface area contributed by atoms with Crippen molar-refractivity contribution >= 4 is 22.7 Å². The van der Waals surface area contributed by atoms with Gasteiger partial charge in [-0.05, 0) is 71.4 Å². The van der Waals surface area contributed by atoms with E-state index < -0.39 is 38.7 Å². The van der Waals surface area contributed by atoms with E-state index >= 15 is 0 Å². The van der Waals surface area contributed by atoms with Crippen molar-refractivity contribution in [3.8, 4) is 28.6 Å². The number of pyridine rings is 2. The van der Waals surface area contributed by atoms with Gasteiger partial charge in [-0.25, -0.2) is 23.3 Å².